The Morgan fingerprint density at radius 1 is 1.00 bits per heavy atom. The van der Waals surface area contributed by atoms with Gasteiger partial charge in [0.15, 0.2) is 14.9 Å². The first-order chi connectivity index (χ1) is 19.9. The van der Waals surface area contributed by atoms with Crippen LogP contribution >= 0.6 is 11.8 Å². The number of nitrogens with one attached hydrogen (secondary N) is 1. The van der Waals surface area contributed by atoms with Gasteiger partial charge in [0.05, 0.1) is 16.3 Å². The largest absolute Gasteiger partial charge is 0.356 e. The number of hydrogen-bond acceptors (Lipinski definition) is 7. The molecule has 0 spiro atoms. The second-order valence-corrected chi connectivity index (χ2v) is 13.1. The molecule has 0 fully saturated rings. The number of carbonyl (C=O) groups is 1. The molecule has 0 atom stereocenters. The summed E-state index contributed by atoms with van der Waals surface area (Å²) < 4.78 is 30.2. The normalized spacial score (nSPS) is 14.1. The zero-order valence-electron chi connectivity index (χ0n) is 22.7. The summed E-state index contributed by atoms with van der Waals surface area (Å²) in [4.78, 5) is 43.2. The second kappa shape index (κ2) is 12.9. The van der Waals surface area contributed by atoms with Gasteiger partial charge in [-0.15, -0.1) is 11.8 Å². The zero-order valence-corrected chi connectivity index (χ0v) is 24.3. The van der Waals surface area contributed by atoms with Crippen LogP contribution in [0, 0.1) is 0 Å². The van der Waals surface area contributed by atoms with Crippen LogP contribution in [0.4, 0.5) is 0 Å². The summed E-state index contributed by atoms with van der Waals surface area (Å²) in [6, 6.07) is 14.6. The molecule has 5 rings (SSSR count). The molecule has 1 aromatic carbocycles. The summed E-state index contributed by atoms with van der Waals surface area (Å²) in [5.74, 6) is 0.796. The second-order valence-electron chi connectivity index (χ2n) is 9.99. The molecular weight excluding hydrogens is 562 g/mol. The van der Waals surface area contributed by atoms with Crippen molar-refractivity contribution in [3.05, 3.63) is 81.8 Å². The number of aromatic nitrogens is 4. The Morgan fingerprint density at radius 2 is 1.83 bits per heavy atom. The number of carbonyl (C=O) groups excluding carboxylic acids is 1. The predicted octanol–water partition coefficient (Wildman–Crippen LogP) is 3.36. The monoisotopic (exact) mass is 595 g/mol. The van der Waals surface area contributed by atoms with E-state index in [2.05, 4.69) is 20.8 Å². The first-order valence-corrected chi connectivity index (χ1v) is 16.5. The standard InChI is InChI=1S/C29H33N5O5S2/c35-24(13-5-2-6-20-40-25-14-7-12-23-30-16-19-32(23)25)31-15-8-17-33-27(36)26(22-10-3-1-4-11-22)28-34(29(33)37)18-9-21-41(28,38)39/h1,3-4,7,10-12,14,16,19H,2,5-6,8-9,13,15,17-18,20-21H2,(H,31,35). The summed E-state index contributed by atoms with van der Waals surface area (Å²) in [7, 11) is -3.77. The number of rotatable bonds is 12. The molecule has 0 saturated carbocycles. The van der Waals surface area contributed by atoms with Gasteiger partial charge in [-0.25, -0.2) is 18.2 Å². The maximum Gasteiger partial charge on any atom is 0.332 e. The molecule has 0 saturated heterocycles. The summed E-state index contributed by atoms with van der Waals surface area (Å²) in [5, 5.41) is 3.83. The molecule has 4 aromatic rings. The molecule has 1 amide bonds. The van der Waals surface area contributed by atoms with Crippen molar-refractivity contribution >= 4 is 33.2 Å². The van der Waals surface area contributed by atoms with E-state index in [4.69, 9.17) is 0 Å². The fourth-order valence-corrected chi connectivity index (χ4v) is 7.84. The summed E-state index contributed by atoms with van der Waals surface area (Å²) in [6.45, 7) is 0.636. The van der Waals surface area contributed by atoms with Gasteiger partial charge in [0.25, 0.3) is 5.56 Å². The minimum absolute atomic E-state index is 0.0359. The van der Waals surface area contributed by atoms with Gasteiger partial charge in [-0.2, -0.15) is 0 Å². The van der Waals surface area contributed by atoms with Crippen molar-refractivity contribution in [3.8, 4) is 11.1 Å². The molecule has 0 bridgehead atoms. The summed E-state index contributed by atoms with van der Waals surface area (Å²) >= 11 is 1.77. The number of sulfone groups is 1. The SMILES string of the molecule is O=C(CCCCCSc1cccc2nccn12)NCCCn1c(=O)c(-c2ccccc2)c2n(c1=O)CCCS2(=O)=O. The average Bonchev–Trinajstić information content (AvgIpc) is 3.45. The Hall–Kier alpha value is -3.64. The third-order valence-corrected chi connectivity index (χ3v) is 10.1. The minimum Gasteiger partial charge on any atom is -0.356 e. The molecule has 4 heterocycles. The molecule has 0 unspecified atom stereocenters. The minimum atomic E-state index is -3.77. The van der Waals surface area contributed by atoms with Crippen molar-refractivity contribution in [2.75, 3.05) is 18.1 Å². The molecule has 1 aliphatic heterocycles. The Morgan fingerprint density at radius 3 is 2.66 bits per heavy atom. The van der Waals surface area contributed by atoms with Crippen LogP contribution < -0.4 is 16.6 Å². The van der Waals surface area contributed by atoms with Crippen LogP contribution in [0.5, 0.6) is 0 Å². The quantitative estimate of drug-likeness (QED) is 0.151. The number of unbranched alkanes of at least 4 members (excludes halogenated alkanes) is 2. The van der Waals surface area contributed by atoms with E-state index in [0.717, 1.165) is 40.3 Å². The van der Waals surface area contributed by atoms with Crippen LogP contribution in [0.2, 0.25) is 0 Å². The van der Waals surface area contributed by atoms with E-state index in [0.29, 0.717) is 31.4 Å². The zero-order chi connectivity index (χ0) is 28.8. The van der Waals surface area contributed by atoms with Gasteiger partial charge in [-0.3, -0.25) is 23.1 Å². The van der Waals surface area contributed by atoms with Crippen molar-refractivity contribution in [2.45, 2.75) is 61.7 Å². The topological polar surface area (TPSA) is 125 Å². The molecule has 10 nitrogen and oxygen atoms in total. The van der Waals surface area contributed by atoms with Crippen LogP contribution in [-0.4, -0.2) is 50.9 Å². The highest BCUT2D eigenvalue weighted by atomic mass is 32.2. The molecule has 12 heteroatoms. The molecule has 41 heavy (non-hydrogen) atoms. The van der Waals surface area contributed by atoms with Gasteiger partial charge in [-0.05, 0) is 49.1 Å². The highest BCUT2D eigenvalue weighted by molar-refractivity contribution is 7.99. The molecule has 0 aliphatic carbocycles. The van der Waals surface area contributed by atoms with Crippen molar-refractivity contribution in [1.82, 2.24) is 23.8 Å². The van der Waals surface area contributed by atoms with Crippen LogP contribution in [0.15, 0.2) is 80.6 Å². The van der Waals surface area contributed by atoms with Crippen molar-refractivity contribution in [1.29, 1.82) is 0 Å². The van der Waals surface area contributed by atoms with Crippen LogP contribution in [-0.2, 0) is 27.7 Å². The van der Waals surface area contributed by atoms with E-state index >= 15 is 0 Å². The number of pyridine rings is 1. The molecule has 1 N–H and O–H groups in total. The Labute approximate surface area is 242 Å². The van der Waals surface area contributed by atoms with Crippen molar-refractivity contribution in [3.63, 3.8) is 0 Å². The van der Waals surface area contributed by atoms with Crippen LogP contribution in [0.3, 0.4) is 0 Å². The molecule has 3 aromatic heterocycles. The number of imidazole rings is 1. The average molecular weight is 596 g/mol. The number of amides is 1. The van der Waals surface area contributed by atoms with E-state index in [-0.39, 0.29) is 35.3 Å². The third kappa shape index (κ3) is 6.48. The maximum atomic E-state index is 13.4. The predicted molar refractivity (Wildman–Crippen MR) is 159 cm³/mol. The van der Waals surface area contributed by atoms with Gasteiger partial charge >= 0.3 is 5.69 Å². The highest BCUT2D eigenvalue weighted by Gasteiger charge is 2.32. The summed E-state index contributed by atoms with van der Waals surface area (Å²) in [5.41, 5.74) is 0.186. The van der Waals surface area contributed by atoms with Gasteiger partial charge in [0, 0.05) is 38.4 Å². The maximum absolute atomic E-state index is 13.4. The number of hydrogen-bond donors (Lipinski definition) is 1. The Bertz CT molecular complexity index is 1760. The van der Waals surface area contributed by atoms with Gasteiger partial charge in [0.2, 0.25) is 5.91 Å². The smallest absolute Gasteiger partial charge is 0.332 e. The number of nitrogens with zero attached hydrogens (tertiary/aromatic N) is 4. The first kappa shape index (κ1) is 28.9. The van der Waals surface area contributed by atoms with Gasteiger partial charge < -0.3 is 5.32 Å². The highest BCUT2D eigenvalue weighted by Crippen LogP contribution is 2.27. The lowest BCUT2D eigenvalue weighted by molar-refractivity contribution is -0.121. The summed E-state index contributed by atoms with van der Waals surface area (Å²) in [6.07, 6.45) is 7.56. The Kier molecular flexibility index (Phi) is 9.09. The van der Waals surface area contributed by atoms with Crippen LogP contribution in [0.1, 0.15) is 38.5 Å². The molecule has 1 aliphatic rings. The lowest BCUT2D eigenvalue weighted by Gasteiger charge is -2.23. The Balaban J connectivity index is 1.12. The van der Waals surface area contributed by atoms with Crippen LogP contribution in [0.25, 0.3) is 16.8 Å². The van der Waals surface area contributed by atoms with E-state index in [1.165, 1.54) is 4.57 Å². The first-order valence-electron chi connectivity index (χ1n) is 13.8. The molecular formula is C29H33N5O5S2. The van der Waals surface area contributed by atoms with Gasteiger partial charge in [-0.1, -0.05) is 42.8 Å². The third-order valence-electron chi connectivity index (χ3n) is 7.10. The fourth-order valence-electron chi connectivity index (χ4n) is 5.09. The van der Waals surface area contributed by atoms with E-state index in [1.54, 1.807) is 48.3 Å². The van der Waals surface area contributed by atoms with Crippen molar-refractivity contribution in [2.24, 2.45) is 0 Å². The lowest BCUT2D eigenvalue weighted by atomic mass is 10.1. The molecule has 216 valence electrons. The molecule has 0 radical (unpaired) electrons. The number of thioether (sulfide) groups is 1. The van der Waals surface area contributed by atoms with Crippen molar-refractivity contribution < 1.29 is 13.2 Å². The number of fused-ring (bicyclic) bond motifs is 2. The van der Waals surface area contributed by atoms with E-state index in [1.807, 2.05) is 18.3 Å². The van der Waals surface area contributed by atoms with E-state index in [9.17, 15) is 22.8 Å². The number of benzene rings is 1. The lowest BCUT2D eigenvalue weighted by Crippen LogP contribution is -2.45. The fraction of sp³-hybridized carbons (Fsp3) is 0.379. The van der Waals surface area contributed by atoms with E-state index < -0.39 is 21.1 Å². The van der Waals surface area contributed by atoms with Gasteiger partial charge in [0.1, 0.15) is 5.65 Å².